The van der Waals surface area contributed by atoms with Crippen molar-refractivity contribution in [3.8, 4) is 5.75 Å². The number of hydrogen-bond acceptors (Lipinski definition) is 6. The number of benzene rings is 1. The molecule has 0 fully saturated rings. The lowest BCUT2D eigenvalue weighted by molar-refractivity contribution is -0.148. The molecule has 0 bridgehead atoms. The molecular weight excluding hydrogens is 290 g/mol. The zero-order valence-corrected chi connectivity index (χ0v) is 12.6. The zero-order valence-electron chi connectivity index (χ0n) is 12.6. The molecule has 7 heteroatoms. The quantitative estimate of drug-likeness (QED) is 0.769. The highest BCUT2D eigenvalue weighted by Crippen LogP contribution is 2.12. The third-order valence-electron chi connectivity index (χ3n) is 2.45. The Bertz CT molecular complexity index is 529. The van der Waals surface area contributed by atoms with Crippen LogP contribution in [0.4, 0.5) is 4.79 Å². The fourth-order valence-corrected chi connectivity index (χ4v) is 1.49. The van der Waals surface area contributed by atoms with Gasteiger partial charge in [-0.1, -0.05) is 12.1 Å². The fourth-order valence-electron chi connectivity index (χ4n) is 1.49. The maximum Gasteiger partial charge on any atom is 0.413 e. The fraction of sp³-hybridized carbons (Fsp3) is 0.400. The molecular formula is C15H19NO6. The average molecular weight is 309 g/mol. The van der Waals surface area contributed by atoms with Crippen LogP contribution in [0.25, 0.3) is 0 Å². The summed E-state index contributed by atoms with van der Waals surface area (Å²) in [5.74, 6) is -0.675. The Balaban J connectivity index is 2.18. The Labute approximate surface area is 128 Å². The lowest BCUT2D eigenvalue weighted by atomic mass is 10.2. The molecule has 0 aliphatic carbocycles. The van der Waals surface area contributed by atoms with Crippen molar-refractivity contribution in [2.45, 2.75) is 20.3 Å². The number of nitrogens with one attached hydrogen (secondary N) is 1. The Hall–Kier alpha value is -2.57. The standard InChI is InChI=1S/C15H19NO6/c1-3-20-15(19)16-13(17)10-22-14(18)7-8-21-12-6-4-5-11(2)9-12/h4-6,9H,3,7-8,10H2,1-2H3,(H,16,17,19). The second-order valence-corrected chi connectivity index (χ2v) is 4.34. The van der Waals surface area contributed by atoms with E-state index in [1.807, 2.05) is 30.4 Å². The number of imide groups is 1. The summed E-state index contributed by atoms with van der Waals surface area (Å²) in [4.78, 5) is 33.6. The summed E-state index contributed by atoms with van der Waals surface area (Å²) in [5, 5.41) is 1.92. The van der Waals surface area contributed by atoms with Crippen molar-refractivity contribution in [2.75, 3.05) is 19.8 Å². The molecule has 0 radical (unpaired) electrons. The van der Waals surface area contributed by atoms with E-state index in [0.717, 1.165) is 5.56 Å². The highest BCUT2D eigenvalue weighted by Gasteiger charge is 2.11. The van der Waals surface area contributed by atoms with Crippen LogP contribution in [0.2, 0.25) is 0 Å². The average Bonchev–Trinajstić information content (AvgIpc) is 2.45. The lowest BCUT2D eigenvalue weighted by Gasteiger charge is -2.07. The largest absolute Gasteiger partial charge is 0.493 e. The van der Waals surface area contributed by atoms with Crippen LogP contribution < -0.4 is 10.1 Å². The number of carbonyl (C=O) groups excluding carboxylic acids is 3. The SMILES string of the molecule is CCOC(=O)NC(=O)COC(=O)CCOc1cccc(C)c1. The predicted octanol–water partition coefficient (Wildman–Crippen LogP) is 1.58. The highest BCUT2D eigenvalue weighted by atomic mass is 16.6. The van der Waals surface area contributed by atoms with Crippen LogP contribution in [-0.4, -0.2) is 37.8 Å². The van der Waals surface area contributed by atoms with E-state index >= 15 is 0 Å². The summed E-state index contributed by atoms with van der Waals surface area (Å²) in [6, 6.07) is 7.41. The van der Waals surface area contributed by atoms with Crippen LogP contribution in [0.1, 0.15) is 18.9 Å². The first-order valence-corrected chi connectivity index (χ1v) is 6.83. The molecule has 2 amide bonds. The van der Waals surface area contributed by atoms with Crippen LogP contribution in [0.15, 0.2) is 24.3 Å². The number of esters is 1. The topological polar surface area (TPSA) is 90.9 Å². The van der Waals surface area contributed by atoms with Gasteiger partial charge in [0, 0.05) is 0 Å². The second kappa shape index (κ2) is 9.38. The Morgan fingerprint density at radius 3 is 2.64 bits per heavy atom. The minimum absolute atomic E-state index is 0.000623. The molecule has 0 saturated carbocycles. The van der Waals surface area contributed by atoms with Gasteiger partial charge in [0.25, 0.3) is 5.91 Å². The van der Waals surface area contributed by atoms with E-state index in [4.69, 9.17) is 9.47 Å². The number of aryl methyl sites for hydroxylation is 1. The van der Waals surface area contributed by atoms with Gasteiger partial charge in [-0.2, -0.15) is 0 Å². The molecule has 0 aliphatic heterocycles. The maximum absolute atomic E-state index is 11.4. The molecule has 0 heterocycles. The Morgan fingerprint density at radius 2 is 1.95 bits per heavy atom. The van der Waals surface area contributed by atoms with Gasteiger partial charge in [-0.3, -0.25) is 14.9 Å². The molecule has 0 spiro atoms. The van der Waals surface area contributed by atoms with Gasteiger partial charge in [-0.25, -0.2) is 4.79 Å². The van der Waals surface area contributed by atoms with Gasteiger partial charge in [0.2, 0.25) is 0 Å². The Morgan fingerprint density at radius 1 is 1.18 bits per heavy atom. The highest BCUT2D eigenvalue weighted by molar-refractivity contribution is 5.93. The van der Waals surface area contributed by atoms with Gasteiger partial charge in [0.1, 0.15) is 5.75 Å². The number of alkyl carbamates (subject to hydrolysis) is 1. The van der Waals surface area contributed by atoms with Gasteiger partial charge in [0.15, 0.2) is 6.61 Å². The van der Waals surface area contributed by atoms with Gasteiger partial charge in [-0.15, -0.1) is 0 Å². The molecule has 1 aromatic rings. The number of ether oxygens (including phenoxy) is 3. The summed E-state index contributed by atoms with van der Waals surface area (Å²) >= 11 is 0. The second-order valence-electron chi connectivity index (χ2n) is 4.34. The van der Waals surface area contributed by atoms with Crippen LogP contribution in [0.5, 0.6) is 5.75 Å². The normalized spacial score (nSPS) is 9.73. The summed E-state index contributed by atoms with van der Waals surface area (Å²) in [6.07, 6.45) is -0.869. The minimum Gasteiger partial charge on any atom is -0.493 e. The number of hydrogen-bond donors (Lipinski definition) is 1. The first kappa shape index (κ1) is 17.5. The summed E-state index contributed by atoms with van der Waals surface area (Å²) in [5.41, 5.74) is 1.05. The van der Waals surface area contributed by atoms with Crippen molar-refractivity contribution in [1.82, 2.24) is 5.32 Å². The summed E-state index contributed by atoms with van der Waals surface area (Å²) in [6.45, 7) is 3.29. The van der Waals surface area contributed by atoms with Crippen molar-refractivity contribution >= 4 is 18.0 Å². The van der Waals surface area contributed by atoms with E-state index in [1.165, 1.54) is 0 Å². The molecule has 1 rings (SSSR count). The molecule has 22 heavy (non-hydrogen) atoms. The number of rotatable bonds is 7. The first-order valence-electron chi connectivity index (χ1n) is 6.83. The van der Waals surface area contributed by atoms with Crippen LogP contribution in [0, 0.1) is 6.92 Å². The maximum atomic E-state index is 11.4. The monoisotopic (exact) mass is 309 g/mol. The van der Waals surface area contributed by atoms with Crippen LogP contribution >= 0.6 is 0 Å². The molecule has 1 aromatic carbocycles. The van der Waals surface area contributed by atoms with Crippen molar-refractivity contribution in [2.24, 2.45) is 0 Å². The predicted molar refractivity (Wildman–Crippen MR) is 77.4 cm³/mol. The lowest BCUT2D eigenvalue weighted by Crippen LogP contribution is -2.34. The van der Waals surface area contributed by atoms with Crippen LogP contribution in [-0.2, 0) is 19.1 Å². The zero-order chi connectivity index (χ0) is 16.4. The van der Waals surface area contributed by atoms with E-state index in [0.29, 0.717) is 5.75 Å². The van der Waals surface area contributed by atoms with Crippen molar-refractivity contribution < 1.29 is 28.6 Å². The molecule has 0 saturated heterocycles. The molecule has 120 valence electrons. The van der Waals surface area contributed by atoms with E-state index < -0.39 is 24.6 Å². The molecule has 0 aromatic heterocycles. The van der Waals surface area contributed by atoms with Crippen LogP contribution in [0.3, 0.4) is 0 Å². The summed E-state index contributed by atoms with van der Waals surface area (Å²) in [7, 11) is 0. The van der Waals surface area contributed by atoms with Crippen molar-refractivity contribution in [3.05, 3.63) is 29.8 Å². The molecule has 0 atom stereocenters. The van der Waals surface area contributed by atoms with E-state index in [9.17, 15) is 14.4 Å². The molecule has 0 aliphatic rings. The van der Waals surface area contributed by atoms with E-state index in [-0.39, 0.29) is 19.6 Å². The molecule has 1 N–H and O–H groups in total. The van der Waals surface area contributed by atoms with Crippen molar-refractivity contribution in [3.63, 3.8) is 0 Å². The van der Waals surface area contributed by atoms with E-state index in [2.05, 4.69) is 4.74 Å². The van der Waals surface area contributed by atoms with Gasteiger partial charge < -0.3 is 14.2 Å². The van der Waals surface area contributed by atoms with Gasteiger partial charge in [0.05, 0.1) is 19.6 Å². The number of amides is 2. The molecule has 0 unspecified atom stereocenters. The third kappa shape index (κ3) is 7.28. The summed E-state index contributed by atoms with van der Waals surface area (Å²) < 4.78 is 14.6. The van der Waals surface area contributed by atoms with Gasteiger partial charge >= 0.3 is 12.1 Å². The minimum atomic E-state index is -0.869. The Kier molecular flexibility index (Phi) is 7.45. The molecule has 7 nitrogen and oxygen atoms in total. The smallest absolute Gasteiger partial charge is 0.413 e. The third-order valence-corrected chi connectivity index (χ3v) is 2.45. The number of carbonyl (C=O) groups is 3. The van der Waals surface area contributed by atoms with Gasteiger partial charge in [-0.05, 0) is 31.5 Å². The first-order chi connectivity index (χ1) is 10.5. The van der Waals surface area contributed by atoms with Crippen molar-refractivity contribution in [1.29, 1.82) is 0 Å². The van der Waals surface area contributed by atoms with E-state index in [1.54, 1.807) is 13.0 Å².